The Morgan fingerprint density at radius 2 is 1.93 bits per heavy atom. The van der Waals surface area contributed by atoms with Crippen molar-refractivity contribution in [1.82, 2.24) is 4.90 Å². The maximum absolute atomic E-state index is 12.9. The van der Waals surface area contributed by atoms with Crippen LogP contribution in [0.15, 0.2) is 30.3 Å². The Hall–Kier alpha value is -2.11. The van der Waals surface area contributed by atoms with Crippen molar-refractivity contribution >= 4 is 29.1 Å². The molecule has 5 nitrogen and oxygen atoms in total. The van der Waals surface area contributed by atoms with Gasteiger partial charge in [-0.25, -0.2) is 0 Å². The summed E-state index contributed by atoms with van der Waals surface area (Å²) in [5.41, 5.74) is 1.72. The number of amides is 1. The van der Waals surface area contributed by atoms with E-state index >= 15 is 0 Å². The Kier molecular flexibility index (Phi) is 6.57. The molecule has 1 aliphatic carbocycles. The van der Waals surface area contributed by atoms with Gasteiger partial charge in [0.15, 0.2) is 23.9 Å². The molecule has 28 heavy (non-hydrogen) atoms. The molecular formula is C21H23Cl2NO4. The lowest BCUT2D eigenvalue weighted by Gasteiger charge is -2.35. The highest BCUT2D eigenvalue weighted by atomic mass is 35.5. The van der Waals surface area contributed by atoms with Crippen molar-refractivity contribution < 1.29 is 19.7 Å². The standard InChI is InChI=1S/C21H23Cl2NO4/c1-2-10-24(19(26)12-28-21-16(22)4-3-5-17(21)23)14-7-8-15-13(11-14)6-9-18(25)20(15)27/h3-6,9,14,25,27H,2,7-8,10-12H2,1H3. The quantitative estimate of drug-likeness (QED) is 0.667. The maximum Gasteiger partial charge on any atom is 0.260 e. The molecule has 0 aliphatic heterocycles. The van der Waals surface area contributed by atoms with E-state index in [0.29, 0.717) is 41.6 Å². The third-order valence-electron chi connectivity index (χ3n) is 5.03. The molecule has 2 N–H and O–H groups in total. The van der Waals surface area contributed by atoms with E-state index in [1.54, 1.807) is 18.2 Å². The smallest absolute Gasteiger partial charge is 0.260 e. The monoisotopic (exact) mass is 423 g/mol. The Labute approximate surface area is 174 Å². The van der Waals surface area contributed by atoms with Crippen LogP contribution in [0.2, 0.25) is 10.0 Å². The van der Waals surface area contributed by atoms with Crippen LogP contribution >= 0.6 is 23.2 Å². The fourth-order valence-electron chi connectivity index (χ4n) is 3.66. The van der Waals surface area contributed by atoms with E-state index < -0.39 is 0 Å². The van der Waals surface area contributed by atoms with Crippen molar-refractivity contribution in [2.24, 2.45) is 0 Å². The van der Waals surface area contributed by atoms with Crippen LogP contribution in [0, 0.1) is 0 Å². The van der Waals surface area contributed by atoms with Gasteiger partial charge in [0, 0.05) is 18.2 Å². The van der Waals surface area contributed by atoms with Gasteiger partial charge in [-0.2, -0.15) is 0 Å². The van der Waals surface area contributed by atoms with Crippen molar-refractivity contribution in [3.05, 3.63) is 51.5 Å². The second-order valence-corrected chi connectivity index (χ2v) is 7.71. The molecule has 0 heterocycles. The van der Waals surface area contributed by atoms with Crippen molar-refractivity contribution in [1.29, 1.82) is 0 Å². The number of rotatable bonds is 6. The number of hydrogen-bond acceptors (Lipinski definition) is 4. The first kappa shape index (κ1) is 20.6. The topological polar surface area (TPSA) is 70.0 Å². The number of nitrogens with zero attached hydrogens (tertiary/aromatic N) is 1. The summed E-state index contributed by atoms with van der Waals surface area (Å²) in [4.78, 5) is 14.7. The van der Waals surface area contributed by atoms with Gasteiger partial charge in [-0.15, -0.1) is 0 Å². The molecule has 1 unspecified atom stereocenters. The lowest BCUT2D eigenvalue weighted by molar-refractivity contribution is -0.136. The minimum atomic E-state index is -0.145. The number of aromatic hydroxyl groups is 2. The van der Waals surface area contributed by atoms with Crippen LogP contribution in [0.1, 0.15) is 30.9 Å². The van der Waals surface area contributed by atoms with E-state index in [9.17, 15) is 15.0 Å². The first-order chi connectivity index (χ1) is 13.4. The summed E-state index contributed by atoms with van der Waals surface area (Å²) >= 11 is 12.2. The van der Waals surface area contributed by atoms with Crippen molar-refractivity contribution in [2.75, 3.05) is 13.2 Å². The fourth-order valence-corrected chi connectivity index (χ4v) is 4.16. The van der Waals surface area contributed by atoms with Crippen LogP contribution in [-0.2, 0) is 17.6 Å². The number of carbonyl (C=O) groups is 1. The number of fused-ring (bicyclic) bond motifs is 1. The lowest BCUT2D eigenvalue weighted by Crippen LogP contribution is -2.45. The number of benzene rings is 2. The van der Waals surface area contributed by atoms with E-state index in [1.807, 2.05) is 17.9 Å². The molecule has 0 spiro atoms. The predicted molar refractivity (Wildman–Crippen MR) is 110 cm³/mol. The second-order valence-electron chi connectivity index (χ2n) is 6.89. The number of ether oxygens (including phenoxy) is 1. The molecule has 0 bridgehead atoms. The minimum absolute atomic E-state index is 0.00853. The molecule has 1 atom stereocenters. The average Bonchev–Trinajstić information content (AvgIpc) is 2.68. The second kappa shape index (κ2) is 8.93. The van der Waals surface area contributed by atoms with Gasteiger partial charge in [-0.3, -0.25) is 4.79 Å². The number of para-hydroxylation sites is 1. The molecule has 2 aromatic carbocycles. The van der Waals surface area contributed by atoms with Crippen molar-refractivity contribution in [2.45, 2.75) is 38.6 Å². The average molecular weight is 424 g/mol. The summed E-state index contributed by atoms with van der Waals surface area (Å²) in [6.45, 7) is 2.49. The summed E-state index contributed by atoms with van der Waals surface area (Å²) in [7, 11) is 0. The van der Waals surface area contributed by atoms with E-state index in [-0.39, 0.29) is 30.1 Å². The molecule has 2 aromatic rings. The van der Waals surface area contributed by atoms with E-state index in [0.717, 1.165) is 17.5 Å². The Bertz CT molecular complexity index is 851. The normalized spacial score (nSPS) is 15.8. The van der Waals surface area contributed by atoms with Crippen LogP contribution in [-0.4, -0.2) is 40.2 Å². The van der Waals surface area contributed by atoms with Gasteiger partial charge in [-0.1, -0.05) is 42.3 Å². The zero-order valence-corrected chi connectivity index (χ0v) is 17.1. The third kappa shape index (κ3) is 4.31. The first-order valence-corrected chi connectivity index (χ1v) is 10.1. The summed E-state index contributed by atoms with van der Waals surface area (Å²) in [5.74, 6) is 0.0176. The molecule has 150 valence electrons. The van der Waals surface area contributed by atoms with Gasteiger partial charge in [0.05, 0.1) is 10.0 Å². The van der Waals surface area contributed by atoms with Gasteiger partial charge < -0.3 is 19.8 Å². The van der Waals surface area contributed by atoms with E-state index in [4.69, 9.17) is 27.9 Å². The summed E-state index contributed by atoms with van der Waals surface area (Å²) in [5, 5.41) is 20.5. The molecule has 0 fully saturated rings. The highest BCUT2D eigenvalue weighted by Gasteiger charge is 2.29. The summed E-state index contributed by atoms with van der Waals surface area (Å²) < 4.78 is 5.62. The van der Waals surface area contributed by atoms with Gasteiger partial charge in [-0.05, 0) is 49.4 Å². The molecule has 1 aliphatic rings. The minimum Gasteiger partial charge on any atom is -0.504 e. The number of phenols is 2. The van der Waals surface area contributed by atoms with Gasteiger partial charge in [0.25, 0.3) is 5.91 Å². The number of hydrogen-bond donors (Lipinski definition) is 2. The van der Waals surface area contributed by atoms with Gasteiger partial charge in [0.2, 0.25) is 0 Å². The van der Waals surface area contributed by atoms with Crippen LogP contribution in [0.4, 0.5) is 0 Å². The van der Waals surface area contributed by atoms with Crippen molar-refractivity contribution in [3.8, 4) is 17.2 Å². The van der Waals surface area contributed by atoms with Gasteiger partial charge in [0.1, 0.15) is 0 Å². The highest BCUT2D eigenvalue weighted by Crippen LogP contribution is 2.37. The van der Waals surface area contributed by atoms with E-state index in [1.165, 1.54) is 6.07 Å². The molecule has 0 saturated heterocycles. The number of carbonyl (C=O) groups excluding carboxylic acids is 1. The fraction of sp³-hybridized carbons (Fsp3) is 0.381. The molecule has 7 heteroatoms. The third-order valence-corrected chi connectivity index (χ3v) is 5.62. The maximum atomic E-state index is 12.9. The number of halogens is 2. The first-order valence-electron chi connectivity index (χ1n) is 9.31. The van der Waals surface area contributed by atoms with Crippen LogP contribution in [0.25, 0.3) is 0 Å². The summed E-state index contributed by atoms with van der Waals surface area (Å²) in [6, 6.07) is 8.36. The molecule has 3 rings (SSSR count). The molecular weight excluding hydrogens is 401 g/mol. The molecule has 0 radical (unpaired) electrons. The largest absolute Gasteiger partial charge is 0.504 e. The molecule has 0 aromatic heterocycles. The zero-order valence-electron chi connectivity index (χ0n) is 15.6. The van der Waals surface area contributed by atoms with E-state index in [2.05, 4.69) is 0 Å². The Morgan fingerprint density at radius 3 is 2.61 bits per heavy atom. The Balaban J connectivity index is 1.72. The lowest BCUT2D eigenvalue weighted by atomic mass is 9.86. The zero-order chi connectivity index (χ0) is 20.3. The predicted octanol–water partition coefficient (Wildman–Crippen LogP) is 4.58. The summed E-state index contributed by atoms with van der Waals surface area (Å²) in [6.07, 6.45) is 2.76. The number of phenolic OH excluding ortho intramolecular Hbond substituents is 2. The highest BCUT2D eigenvalue weighted by molar-refractivity contribution is 6.37. The van der Waals surface area contributed by atoms with Crippen LogP contribution in [0.5, 0.6) is 17.2 Å². The van der Waals surface area contributed by atoms with Gasteiger partial charge >= 0.3 is 0 Å². The van der Waals surface area contributed by atoms with Crippen molar-refractivity contribution in [3.63, 3.8) is 0 Å². The molecule has 1 amide bonds. The Morgan fingerprint density at radius 1 is 1.21 bits per heavy atom. The van der Waals surface area contributed by atoms with Crippen LogP contribution < -0.4 is 4.74 Å². The SMILES string of the molecule is CCCN(C(=O)COc1c(Cl)cccc1Cl)C1CCc2c(ccc(O)c2O)C1. The molecule has 0 saturated carbocycles. The van der Waals surface area contributed by atoms with Crippen LogP contribution in [0.3, 0.4) is 0 Å².